The Labute approximate surface area is 117 Å². The quantitative estimate of drug-likeness (QED) is 0.601. The van der Waals surface area contributed by atoms with Crippen LogP contribution >= 0.6 is 11.8 Å². The number of carboxylic acid groups (broad SMARTS) is 1. The number of carboxylic acids is 1. The highest BCUT2D eigenvalue weighted by molar-refractivity contribution is 8.00. The largest absolute Gasteiger partial charge is 0.481 e. The molecule has 20 heavy (non-hydrogen) atoms. The van der Waals surface area contributed by atoms with E-state index in [0.29, 0.717) is 6.42 Å². The second kappa shape index (κ2) is 5.67. The Morgan fingerprint density at radius 3 is 2.40 bits per heavy atom. The maximum Gasteiger partial charge on any atom is 0.441 e. The van der Waals surface area contributed by atoms with E-state index in [1.807, 2.05) is 12.2 Å². The minimum absolute atomic E-state index is 0.114. The van der Waals surface area contributed by atoms with Gasteiger partial charge >= 0.3 is 11.5 Å². The normalized spacial score (nSPS) is 31.6. The van der Waals surface area contributed by atoms with Crippen molar-refractivity contribution in [3.8, 4) is 0 Å². The van der Waals surface area contributed by atoms with Gasteiger partial charge in [0.25, 0.3) is 0 Å². The van der Waals surface area contributed by atoms with E-state index >= 15 is 0 Å². The van der Waals surface area contributed by atoms with Gasteiger partial charge in [-0.05, 0) is 30.0 Å². The average molecular weight is 309 g/mol. The number of amides is 1. The molecule has 2 rings (SSSR count). The summed E-state index contributed by atoms with van der Waals surface area (Å²) in [6.45, 7) is -0.118. The topological polar surface area (TPSA) is 66.4 Å². The highest BCUT2D eigenvalue weighted by Crippen LogP contribution is 2.48. The van der Waals surface area contributed by atoms with Crippen LogP contribution in [0, 0.1) is 23.7 Å². The second-order valence-electron chi connectivity index (χ2n) is 4.92. The summed E-state index contributed by atoms with van der Waals surface area (Å²) in [5.41, 5.74) is -4.32. The number of carbonyl (C=O) groups is 2. The maximum absolute atomic E-state index is 12.0. The van der Waals surface area contributed by atoms with Gasteiger partial charge in [-0.2, -0.15) is 13.2 Å². The SMILES string of the molecule is O=C(O)C1C2C=CC(C2)C1C(=O)NCCSC(F)(F)F. The lowest BCUT2D eigenvalue weighted by Gasteiger charge is -2.23. The summed E-state index contributed by atoms with van der Waals surface area (Å²) in [6.07, 6.45) is 4.28. The molecule has 0 spiro atoms. The Balaban J connectivity index is 1.86. The van der Waals surface area contributed by atoms with Gasteiger partial charge in [0.15, 0.2) is 0 Å². The van der Waals surface area contributed by atoms with E-state index in [4.69, 9.17) is 5.11 Å². The standard InChI is InChI=1S/C12H14F3NO3S/c13-12(14,15)20-4-3-16-10(17)8-6-1-2-7(5-6)9(8)11(18)19/h1-2,6-9H,3-5H2,(H,16,17)(H,18,19). The van der Waals surface area contributed by atoms with Crippen LogP contribution in [0.3, 0.4) is 0 Å². The van der Waals surface area contributed by atoms with Gasteiger partial charge < -0.3 is 10.4 Å². The molecule has 1 saturated carbocycles. The molecule has 1 fully saturated rings. The van der Waals surface area contributed by atoms with Gasteiger partial charge in [0.05, 0.1) is 11.8 Å². The fourth-order valence-corrected chi connectivity index (χ4v) is 3.41. The number of hydrogen-bond acceptors (Lipinski definition) is 3. The summed E-state index contributed by atoms with van der Waals surface area (Å²) in [5.74, 6) is -3.44. The van der Waals surface area contributed by atoms with Gasteiger partial charge in [-0.15, -0.1) is 0 Å². The molecule has 0 heterocycles. The molecule has 4 nitrogen and oxygen atoms in total. The van der Waals surface area contributed by atoms with Crippen LogP contribution in [0.1, 0.15) is 6.42 Å². The summed E-state index contributed by atoms with van der Waals surface area (Å²) in [6, 6.07) is 0. The van der Waals surface area contributed by atoms with E-state index in [-0.39, 0.29) is 35.9 Å². The van der Waals surface area contributed by atoms with Crippen LogP contribution in [0.4, 0.5) is 13.2 Å². The molecule has 2 aliphatic carbocycles. The first-order chi connectivity index (χ1) is 9.29. The summed E-state index contributed by atoms with van der Waals surface area (Å²) >= 11 is -0.205. The predicted octanol–water partition coefficient (Wildman–Crippen LogP) is 1.88. The first-order valence-corrected chi connectivity index (χ1v) is 7.17. The van der Waals surface area contributed by atoms with Crippen LogP contribution in [0.5, 0.6) is 0 Å². The van der Waals surface area contributed by atoms with Crippen molar-refractivity contribution < 1.29 is 27.9 Å². The average Bonchev–Trinajstić information content (AvgIpc) is 2.92. The monoisotopic (exact) mass is 309 g/mol. The Morgan fingerprint density at radius 1 is 1.25 bits per heavy atom. The third-order valence-electron chi connectivity index (χ3n) is 3.71. The predicted molar refractivity (Wildman–Crippen MR) is 66.9 cm³/mol. The van der Waals surface area contributed by atoms with Crippen LogP contribution in [0.25, 0.3) is 0 Å². The van der Waals surface area contributed by atoms with Gasteiger partial charge in [-0.1, -0.05) is 12.2 Å². The van der Waals surface area contributed by atoms with E-state index in [0.717, 1.165) is 0 Å². The van der Waals surface area contributed by atoms with Crippen molar-refractivity contribution in [3.63, 3.8) is 0 Å². The number of halogens is 3. The number of rotatable bonds is 5. The smallest absolute Gasteiger partial charge is 0.441 e. The van der Waals surface area contributed by atoms with Gasteiger partial charge in [-0.3, -0.25) is 9.59 Å². The van der Waals surface area contributed by atoms with Gasteiger partial charge in [0.2, 0.25) is 5.91 Å². The van der Waals surface area contributed by atoms with E-state index in [2.05, 4.69) is 5.32 Å². The van der Waals surface area contributed by atoms with Crippen LogP contribution in [0.2, 0.25) is 0 Å². The molecule has 2 aliphatic rings. The van der Waals surface area contributed by atoms with Crippen LogP contribution in [0.15, 0.2) is 12.2 Å². The second-order valence-corrected chi connectivity index (χ2v) is 6.08. The molecule has 0 aromatic carbocycles. The summed E-state index contributed by atoms with van der Waals surface area (Å²) in [5, 5.41) is 11.6. The van der Waals surface area contributed by atoms with Crippen LogP contribution in [-0.4, -0.2) is 34.8 Å². The lowest BCUT2D eigenvalue weighted by Crippen LogP contribution is -2.41. The molecule has 2 N–H and O–H groups in total. The lowest BCUT2D eigenvalue weighted by molar-refractivity contribution is -0.147. The van der Waals surface area contributed by atoms with Gasteiger partial charge in [0.1, 0.15) is 0 Å². The molecular weight excluding hydrogens is 295 g/mol. The van der Waals surface area contributed by atoms with E-state index < -0.39 is 29.2 Å². The summed E-state index contributed by atoms with van der Waals surface area (Å²) < 4.78 is 35.8. The van der Waals surface area contributed by atoms with Crippen molar-refractivity contribution >= 4 is 23.6 Å². The molecule has 112 valence electrons. The molecule has 0 saturated heterocycles. The number of fused-ring (bicyclic) bond motifs is 2. The van der Waals surface area contributed by atoms with Crippen LogP contribution < -0.4 is 5.32 Å². The molecule has 4 unspecified atom stereocenters. The number of aliphatic carboxylic acids is 1. The molecule has 0 aliphatic heterocycles. The van der Waals surface area contributed by atoms with E-state index in [1.165, 1.54) is 0 Å². The van der Waals surface area contributed by atoms with Crippen molar-refractivity contribution in [2.45, 2.75) is 11.9 Å². The zero-order valence-electron chi connectivity index (χ0n) is 10.4. The highest BCUT2D eigenvalue weighted by Gasteiger charge is 2.51. The highest BCUT2D eigenvalue weighted by atomic mass is 32.2. The lowest BCUT2D eigenvalue weighted by atomic mass is 9.82. The van der Waals surface area contributed by atoms with Gasteiger partial charge in [-0.25, -0.2) is 0 Å². The molecule has 0 aromatic rings. The van der Waals surface area contributed by atoms with Crippen molar-refractivity contribution in [2.75, 3.05) is 12.3 Å². The first kappa shape index (κ1) is 15.2. The van der Waals surface area contributed by atoms with Crippen molar-refractivity contribution in [1.82, 2.24) is 5.32 Å². The number of alkyl halides is 3. The fourth-order valence-electron chi connectivity index (χ4n) is 2.98. The zero-order valence-corrected chi connectivity index (χ0v) is 11.2. The van der Waals surface area contributed by atoms with Gasteiger partial charge in [0, 0.05) is 12.3 Å². The first-order valence-electron chi connectivity index (χ1n) is 6.19. The molecular formula is C12H14F3NO3S. The van der Waals surface area contributed by atoms with E-state index in [1.54, 1.807) is 0 Å². The molecule has 2 bridgehead atoms. The molecule has 4 atom stereocenters. The molecule has 8 heteroatoms. The summed E-state index contributed by atoms with van der Waals surface area (Å²) in [7, 11) is 0. The maximum atomic E-state index is 12.0. The molecule has 0 radical (unpaired) electrons. The number of allylic oxidation sites excluding steroid dienone is 2. The fraction of sp³-hybridized carbons (Fsp3) is 0.667. The van der Waals surface area contributed by atoms with Crippen molar-refractivity contribution in [2.24, 2.45) is 23.7 Å². The third kappa shape index (κ3) is 3.28. The summed E-state index contributed by atoms with van der Waals surface area (Å²) in [4.78, 5) is 23.2. The van der Waals surface area contributed by atoms with Crippen molar-refractivity contribution in [3.05, 3.63) is 12.2 Å². The van der Waals surface area contributed by atoms with Crippen molar-refractivity contribution in [1.29, 1.82) is 0 Å². The number of hydrogen-bond donors (Lipinski definition) is 2. The Morgan fingerprint density at radius 2 is 1.85 bits per heavy atom. The Kier molecular flexibility index (Phi) is 4.31. The Hall–Kier alpha value is -1.18. The minimum Gasteiger partial charge on any atom is -0.481 e. The van der Waals surface area contributed by atoms with Crippen LogP contribution in [-0.2, 0) is 9.59 Å². The third-order valence-corrected chi connectivity index (χ3v) is 4.45. The molecule has 1 amide bonds. The Bertz CT molecular complexity index is 438. The molecule has 0 aromatic heterocycles. The zero-order chi connectivity index (χ0) is 14.9. The number of carbonyl (C=O) groups excluding carboxylic acids is 1. The minimum atomic E-state index is -4.32. The number of nitrogens with one attached hydrogen (secondary N) is 1. The number of thioether (sulfide) groups is 1. The van der Waals surface area contributed by atoms with E-state index in [9.17, 15) is 22.8 Å².